The lowest BCUT2D eigenvalue weighted by Gasteiger charge is -2.12. The van der Waals surface area contributed by atoms with E-state index in [1.54, 1.807) is 19.2 Å². The first-order valence-electron chi connectivity index (χ1n) is 7.76. The minimum atomic E-state index is -0.158. The summed E-state index contributed by atoms with van der Waals surface area (Å²) in [5.41, 5.74) is 3.17. The second kappa shape index (κ2) is 6.80. The molecule has 6 nitrogen and oxygen atoms in total. The van der Waals surface area contributed by atoms with Crippen LogP contribution in [0.25, 0.3) is 22.1 Å². The predicted molar refractivity (Wildman–Crippen MR) is 94.5 cm³/mol. The van der Waals surface area contributed by atoms with E-state index in [-0.39, 0.29) is 5.91 Å². The standard InChI is InChI=1S/C18H20N4O2/c1-22(2)11-10-19-18(23)12-8-9-15(24-3)17-16(12)20-13-6-4-5-7-14(13)21-17/h4-9H,10-11H2,1-3H3,(H,19,23). The van der Waals surface area contributed by atoms with Crippen LogP contribution >= 0.6 is 0 Å². The van der Waals surface area contributed by atoms with Gasteiger partial charge >= 0.3 is 0 Å². The Morgan fingerprint density at radius 3 is 2.38 bits per heavy atom. The molecule has 1 aromatic heterocycles. The van der Waals surface area contributed by atoms with E-state index in [2.05, 4.69) is 15.3 Å². The van der Waals surface area contributed by atoms with Gasteiger partial charge in [-0.25, -0.2) is 9.97 Å². The van der Waals surface area contributed by atoms with E-state index in [4.69, 9.17) is 4.74 Å². The van der Waals surface area contributed by atoms with Crippen LogP contribution in [0.1, 0.15) is 10.4 Å². The fourth-order valence-corrected chi connectivity index (χ4v) is 2.51. The molecule has 1 heterocycles. The van der Waals surface area contributed by atoms with Crippen molar-refractivity contribution < 1.29 is 9.53 Å². The summed E-state index contributed by atoms with van der Waals surface area (Å²) in [7, 11) is 5.52. The maximum Gasteiger partial charge on any atom is 0.253 e. The molecular formula is C18H20N4O2. The summed E-state index contributed by atoms with van der Waals surface area (Å²) < 4.78 is 5.38. The van der Waals surface area contributed by atoms with Crippen molar-refractivity contribution in [3.8, 4) is 5.75 Å². The van der Waals surface area contributed by atoms with Gasteiger partial charge in [0, 0.05) is 13.1 Å². The van der Waals surface area contributed by atoms with E-state index < -0.39 is 0 Å². The molecule has 24 heavy (non-hydrogen) atoms. The third kappa shape index (κ3) is 3.14. The molecule has 0 aliphatic carbocycles. The van der Waals surface area contributed by atoms with Gasteiger partial charge in [-0.15, -0.1) is 0 Å². The van der Waals surface area contributed by atoms with Crippen LogP contribution in [-0.4, -0.2) is 55.1 Å². The smallest absolute Gasteiger partial charge is 0.253 e. The molecule has 0 saturated heterocycles. The van der Waals surface area contributed by atoms with Gasteiger partial charge in [0.1, 0.15) is 16.8 Å². The molecule has 1 N–H and O–H groups in total. The molecule has 1 amide bonds. The van der Waals surface area contributed by atoms with Gasteiger partial charge in [0.2, 0.25) is 0 Å². The molecule has 0 aliphatic heterocycles. The van der Waals surface area contributed by atoms with E-state index in [1.807, 2.05) is 43.3 Å². The Hall–Kier alpha value is -2.73. The lowest BCUT2D eigenvalue weighted by molar-refractivity contribution is 0.0952. The molecular weight excluding hydrogens is 304 g/mol. The van der Waals surface area contributed by atoms with Crippen molar-refractivity contribution in [3.05, 3.63) is 42.0 Å². The van der Waals surface area contributed by atoms with Crippen LogP contribution in [0.2, 0.25) is 0 Å². The average Bonchev–Trinajstić information content (AvgIpc) is 2.58. The summed E-state index contributed by atoms with van der Waals surface area (Å²) >= 11 is 0. The number of ether oxygens (including phenoxy) is 1. The molecule has 3 rings (SSSR count). The fourth-order valence-electron chi connectivity index (χ4n) is 2.51. The highest BCUT2D eigenvalue weighted by atomic mass is 16.5. The number of methoxy groups -OCH3 is 1. The number of amides is 1. The number of benzene rings is 2. The van der Waals surface area contributed by atoms with Crippen LogP contribution in [0.15, 0.2) is 36.4 Å². The molecule has 0 radical (unpaired) electrons. The third-order valence-electron chi connectivity index (χ3n) is 3.77. The molecule has 0 spiro atoms. The number of nitrogens with zero attached hydrogens (tertiary/aromatic N) is 3. The monoisotopic (exact) mass is 324 g/mol. The van der Waals surface area contributed by atoms with Gasteiger partial charge < -0.3 is 15.0 Å². The molecule has 0 aliphatic rings. The van der Waals surface area contributed by atoms with Gasteiger partial charge in [0.15, 0.2) is 0 Å². The van der Waals surface area contributed by atoms with Crippen molar-refractivity contribution in [2.45, 2.75) is 0 Å². The zero-order valence-corrected chi connectivity index (χ0v) is 14.0. The molecule has 124 valence electrons. The summed E-state index contributed by atoms with van der Waals surface area (Å²) in [5.74, 6) is 0.446. The van der Waals surface area contributed by atoms with Crippen molar-refractivity contribution in [3.63, 3.8) is 0 Å². The van der Waals surface area contributed by atoms with Crippen LogP contribution in [-0.2, 0) is 0 Å². The Balaban J connectivity index is 2.07. The highest BCUT2D eigenvalue weighted by Gasteiger charge is 2.16. The molecule has 6 heteroatoms. The Morgan fingerprint density at radius 1 is 1.08 bits per heavy atom. The van der Waals surface area contributed by atoms with Crippen LogP contribution in [0.5, 0.6) is 5.75 Å². The Kier molecular flexibility index (Phi) is 4.57. The van der Waals surface area contributed by atoms with Crippen molar-refractivity contribution >= 4 is 28.0 Å². The lowest BCUT2D eigenvalue weighted by atomic mass is 10.1. The number of hydrogen-bond donors (Lipinski definition) is 1. The van der Waals surface area contributed by atoms with Crippen molar-refractivity contribution in [2.24, 2.45) is 0 Å². The lowest BCUT2D eigenvalue weighted by Crippen LogP contribution is -2.31. The molecule has 0 unspecified atom stereocenters. The van der Waals surface area contributed by atoms with Gasteiger partial charge in [0.25, 0.3) is 5.91 Å². The van der Waals surface area contributed by atoms with Crippen molar-refractivity contribution in [1.82, 2.24) is 20.2 Å². The predicted octanol–water partition coefficient (Wildman–Crippen LogP) is 2.08. The molecule has 0 saturated carbocycles. The Morgan fingerprint density at radius 2 is 1.75 bits per heavy atom. The van der Waals surface area contributed by atoms with E-state index >= 15 is 0 Å². The third-order valence-corrected chi connectivity index (χ3v) is 3.77. The highest BCUT2D eigenvalue weighted by molar-refractivity contribution is 6.07. The zero-order chi connectivity index (χ0) is 17.1. The first-order valence-corrected chi connectivity index (χ1v) is 7.76. The van der Waals surface area contributed by atoms with E-state index in [0.29, 0.717) is 28.9 Å². The quantitative estimate of drug-likeness (QED) is 0.728. The first-order chi connectivity index (χ1) is 11.6. The number of carbonyl (C=O) groups is 1. The van der Waals surface area contributed by atoms with Gasteiger partial charge in [-0.05, 0) is 38.4 Å². The number of aromatic nitrogens is 2. The highest BCUT2D eigenvalue weighted by Crippen LogP contribution is 2.27. The van der Waals surface area contributed by atoms with Crippen LogP contribution in [0.4, 0.5) is 0 Å². The Labute approximate surface area is 140 Å². The number of nitrogens with one attached hydrogen (secondary N) is 1. The molecule has 0 fully saturated rings. The normalized spacial score (nSPS) is 11.2. The van der Waals surface area contributed by atoms with Gasteiger partial charge in [0.05, 0.1) is 23.7 Å². The topological polar surface area (TPSA) is 67.3 Å². The van der Waals surface area contributed by atoms with Crippen LogP contribution < -0.4 is 10.1 Å². The van der Waals surface area contributed by atoms with Crippen molar-refractivity contribution in [2.75, 3.05) is 34.3 Å². The summed E-state index contributed by atoms with van der Waals surface area (Å²) in [6, 6.07) is 11.1. The minimum Gasteiger partial charge on any atom is -0.494 e. The maximum absolute atomic E-state index is 12.5. The number of rotatable bonds is 5. The van der Waals surface area contributed by atoms with Crippen molar-refractivity contribution in [1.29, 1.82) is 0 Å². The fraction of sp³-hybridized carbons (Fsp3) is 0.278. The summed E-state index contributed by atoms with van der Waals surface area (Å²) in [5, 5.41) is 2.92. The molecule has 3 aromatic rings. The second-order valence-electron chi connectivity index (χ2n) is 5.78. The zero-order valence-electron chi connectivity index (χ0n) is 14.0. The van der Waals surface area contributed by atoms with Gasteiger partial charge in [-0.1, -0.05) is 12.1 Å². The number of para-hydroxylation sites is 2. The van der Waals surface area contributed by atoms with Crippen LogP contribution in [0, 0.1) is 0 Å². The summed E-state index contributed by atoms with van der Waals surface area (Å²) in [4.78, 5) is 23.8. The number of likely N-dealkylation sites (N-methyl/N-ethyl adjacent to an activating group) is 1. The maximum atomic E-state index is 12.5. The van der Waals surface area contributed by atoms with Gasteiger partial charge in [-0.3, -0.25) is 4.79 Å². The van der Waals surface area contributed by atoms with Crippen LogP contribution in [0.3, 0.4) is 0 Å². The summed E-state index contributed by atoms with van der Waals surface area (Å²) in [6.07, 6.45) is 0. The summed E-state index contributed by atoms with van der Waals surface area (Å²) in [6.45, 7) is 1.34. The molecule has 0 atom stereocenters. The van der Waals surface area contributed by atoms with E-state index in [1.165, 1.54) is 0 Å². The minimum absolute atomic E-state index is 0.158. The Bertz CT molecular complexity index is 893. The average molecular weight is 324 g/mol. The first kappa shape index (κ1) is 16.1. The number of carbonyl (C=O) groups excluding carboxylic acids is 1. The second-order valence-corrected chi connectivity index (χ2v) is 5.78. The van der Waals surface area contributed by atoms with Gasteiger partial charge in [-0.2, -0.15) is 0 Å². The largest absolute Gasteiger partial charge is 0.494 e. The number of fused-ring (bicyclic) bond motifs is 2. The SMILES string of the molecule is COc1ccc(C(=O)NCCN(C)C)c2nc3ccccc3nc12. The molecule has 2 aromatic carbocycles. The van der Waals surface area contributed by atoms with E-state index in [0.717, 1.165) is 17.6 Å². The molecule has 0 bridgehead atoms. The number of hydrogen-bond acceptors (Lipinski definition) is 5. The van der Waals surface area contributed by atoms with E-state index in [9.17, 15) is 4.79 Å².